The lowest BCUT2D eigenvalue weighted by Gasteiger charge is -2.19. The Morgan fingerprint density at radius 2 is 1.52 bits per heavy atom. The molecule has 1 aliphatic rings. The molecule has 5 heteroatoms. The second-order valence-electron chi connectivity index (χ2n) is 7.68. The molecule has 29 heavy (non-hydrogen) atoms. The summed E-state index contributed by atoms with van der Waals surface area (Å²) in [5.74, 6) is 1.63. The van der Waals surface area contributed by atoms with Crippen LogP contribution in [-0.2, 0) is 12.8 Å². The number of benzene rings is 1. The maximum Gasteiger partial charge on any atom is 0.161 e. The molecule has 0 fully saturated rings. The molecule has 0 aliphatic heterocycles. The number of nitrogens with zero attached hydrogens (tertiary/aromatic N) is 2. The van der Waals surface area contributed by atoms with Gasteiger partial charge in [-0.1, -0.05) is 44.6 Å². The first-order valence-corrected chi connectivity index (χ1v) is 10.6. The number of nitriles is 1. The van der Waals surface area contributed by atoms with E-state index in [1.165, 1.54) is 44.1 Å². The third kappa shape index (κ3) is 4.82. The van der Waals surface area contributed by atoms with Gasteiger partial charge in [-0.15, -0.1) is 0 Å². The summed E-state index contributed by atoms with van der Waals surface area (Å²) in [6, 6.07) is 8.10. The minimum absolute atomic E-state index is 0.322. The first kappa shape index (κ1) is 21.0. The van der Waals surface area contributed by atoms with Crippen molar-refractivity contribution in [3.05, 3.63) is 35.0 Å². The molecule has 2 N–H and O–H groups in total. The predicted octanol–water partition coefficient (Wildman–Crippen LogP) is 5.44. The summed E-state index contributed by atoms with van der Waals surface area (Å²) in [6.07, 6.45) is 11.7. The lowest BCUT2D eigenvalue weighted by molar-refractivity contribution is 0.355. The molecular formula is C24H31N3O2. The van der Waals surface area contributed by atoms with E-state index in [9.17, 15) is 5.26 Å². The van der Waals surface area contributed by atoms with E-state index < -0.39 is 0 Å². The Hall–Kier alpha value is -2.74. The van der Waals surface area contributed by atoms with Crippen LogP contribution in [0.25, 0.3) is 11.1 Å². The van der Waals surface area contributed by atoms with Gasteiger partial charge in [0.15, 0.2) is 11.5 Å². The van der Waals surface area contributed by atoms with Crippen molar-refractivity contribution < 1.29 is 9.47 Å². The van der Waals surface area contributed by atoms with Crippen molar-refractivity contribution in [3.8, 4) is 28.7 Å². The molecule has 0 spiro atoms. The highest BCUT2D eigenvalue weighted by molar-refractivity contribution is 5.80. The zero-order valence-corrected chi connectivity index (χ0v) is 17.6. The number of aryl methyl sites for hydroxylation is 1. The Labute approximate surface area is 173 Å². The molecule has 1 heterocycles. The van der Waals surface area contributed by atoms with Gasteiger partial charge in [-0.25, -0.2) is 4.98 Å². The summed E-state index contributed by atoms with van der Waals surface area (Å²) < 4.78 is 10.9. The molecule has 0 atom stereocenters. The number of nitrogens with two attached hydrogens (primary N) is 1. The molecular weight excluding hydrogens is 362 g/mol. The van der Waals surface area contributed by atoms with Crippen LogP contribution in [0.1, 0.15) is 68.2 Å². The minimum atomic E-state index is 0.322. The number of hydrogen-bond donors (Lipinski definition) is 1. The van der Waals surface area contributed by atoms with Crippen LogP contribution in [0, 0.1) is 11.3 Å². The number of anilines is 1. The Morgan fingerprint density at radius 3 is 2.14 bits per heavy atom. The molecule has 5 nitrogen and oxygen atoms in total. The summed E-state index contributed by atoms with van der Waals surface area (Å²) in [4.78, 5) is 4.67. The maximum atomic E-state index is 9.87. The lowest BCUT2D eigenvalue weighted by Crippen LogP contribution is -2.09. The van der Waals surface area contributed by atoms with Gasteiger partial charge in [-0.2, -0.15) is 5.26 Å². The summed E-state index contributed by atoms with van der Waals surface area (Å²) in [5, 5.41) is 9.87. The van der Waals surface area contributed by atoms with Crippen molar-refractivity contribution in [2.75, 3.05) is 20.0 Å². The molecule has 1 aromatic heterocycles. The SMILES string of the molecule is COc1ccc(-c2c(C#N)c(N)nc3c2CCCCCCCCCC3)cc1OC. The minimum Gasteiger partial charge on any atom is -0.493 e. The first-order chi connectivity index (χ1) is 14.2. The molecule has 0 unspecified atom stereocenters. The largest absolute Gasteiger partial charge is 0.493 e. The molecule has 0 amide bonds. The van der Waals surface area contributed by atoms with E-state index >= 15 is 0 Å². The lowest BCUT2D eigenvalue weighted by atomic mass is 9.89. The van der Waals surface area contributed by atoms with Crippen LogP contribution < -0.4 is 15.2 Å². The molecule has 154 valence electrons. The van der Waals surface area contributed by atoms with E-state index in [1.54, 1.807) is 14.2 Å². The summed E-state index contributed by atoms with van der Waals surface area (Å²) in [5.41, 5.74) is 10.8. The van der Waals surface area contributed by atoms with Crippen LogP contribution in [0.3, 0.4) is 0 Å². The van der Waals surface area contributed by atoms with Gasteiger partial charge < -0.3 is 15.2 Å². The third-order valence-electron chi connectivity index (χ3n) is 5.79. The second kappa shape index (κ2) is 10.2. The first-order valence-electron chi connectivity index (χ1n) is 10.6. The Bertz CT molecular complexity index is 887. The molecule has 2 aromatic rings. The molecule has 0 saturated heterocycles. The van der Waals surface area contributed by atoms with Crippen LogP contribution in [0.5, 0.6) is 11.5 Å². The third-order valence-corrected chi connectivity index (χ3v) is 5.79. The van der Waals surface area contributed by atoms with Crippen LogP contribution in [0.2, 0.25) is 0 Å². The standard InChI is InChI=1S/C24H31N3O2/c1-28-21-14-13-17(15-22(21)29-2)23-18-11-9-7-5-3-4-6-8-10-12-20(18)27-24(26)19(23)16-25/h13-15H,3-12H2,1-2H3,(H2,26,27). The smallest absolute Gasteiger partial charge is 0.161 e. The van der Waals surface area contributed by atoms with Crippen LogP contribution in [0.4, 0.5) is 5.82 Å². The van der Waals surface area contributed by atoms with Gasteiger partial charge in [0.1, 0.15) is 17.5 Å². The van der Waals surface area contributed by atoms with E-state index in [2.05, 4.69) is 11.1 Å². The molecule has 0 saturated carbocycles. The van der Waals surface area contributed by atoms with Crippen LogP contribution in [0.15, 0.2) is 18.2 Å². The van der Waals surface area contributed by atoms with Crippen molar-refractivity contribution in [3.63, 3.8) is 0 Å². The number of methoxy groups -OCH3 is 2. The van der Waals surface area contributed by atoms with Crippen molar-refractivity contribution in [2.45, 2.75) is 64.2 Å². The van der Waals surface area contributed by atoms with Crippen molar-refractivity contribution >= 4 is 5.82 Å². The topological polar surface area (TPSA) is 81.2 Å². The van der Waals surface area contributed by atoms with E-state index in [1.807, 2.05) is 18.2 Å². The number of hydrogen-bond acceptors (Lipinski definition) is 5. The van der Waals surface area contributed by atoms with Gasteiger partial charge in [-0.05, 0) is 48.9 Å². The van der Waals surface area contributed by atoms with Gasteiger partial charge in [0.25, 0.3) is 0 Å². The number of fused-ring (bicyclic) bond motifs is 1. The fourth-order valence-electron chi connectivity index (χ4n) is 4.25. The van der Waals surface area contributed by atoms with Crippen molar-refractivity contribution in [2.24, 2.45) is 0 Å². The second-order valence-corrected chi connectivity index (χ2v) is 7.68. The van der Waals surface area contributed by atoms with Crippen molar-refractivity contribution in [1.29, 1.82) is 5.26 Å². The Morgan fingerprint density at radius 1 is 0.897 bits per heavy atom. The molecule has 1 aliphatic carbocycles. The number of rotatable bonds is 3. The number of nitrogen functional groups attached to an aromatic ring is 1. The Balaban J connectivity index is 2.15. The van der Waals surface area contributed by atoms with E-state index in [-0.39, 0.29) is 0 Å². The average Bonchev–Trinajstić information content (AvgIpc) is 2.73. The van der Waals surface area contributed by atoms with Gasteiger partial charge >= 0.3 is 0 Å². The summed E-state index contributed by atoms with van der Waals surface area (Å²) >= 11 is 0. The molecule has 0 bridgehead atoms. The van der Waals surface area contributed by atoms with Gasteiger partial charge in [0.05, 0.1) is 14.2 Å². The normalized spacial score (nSPS) is 15.3. The molecule has 0 radical (unpaired) electrons. The highest BCUT2D eigenvalue weighted by atomic mass is 16.5. The highest BCUT2D eigenvalue weighted by Crippen LogP contribution is 2.38. The quantitative estimate of drug-likeness (QED) is 0.751. The van der Waals surface area contributed by atoms with Crippen molar-refractivity contribution in [1.82, 2.24) is 4.98 Å². The zero-order valence-electron chi connectivity index (χ0n) is 17.6. The summed E-state index contributed by atoms with van der Waals surface area (Å²) in [6.45, 7) is 0. The number of pyridine rings is 1. The average molecular weight is 394 g/mol. The number of aromatic nitrogens is 1. The van der Waals surface area contributed by atoms with Crippen LogP contribution >= 0.6 is 0 Å². The Kier molecular flexibility index (Phi) is 7.35. The van der Waals surface area contributed by atoms with E-state index in [4.69, 9.17) is 15.2 Å². The fourth-order valence-corrected chi connectivity index (χ4v) is 4.25. The molecule has 3 rings (SSSR count). The highest BCUT2D eigenvalue weighted by Gasteiger charge is 2.21. The van der Waals surface area contributed by atoms with E-state index in [0.717, 1.165) is 42.5 Å². The van der Waals surface area contributed by atoms with Crippen LogP contribution in [-0.4, -0.2) is 19.2 Å². The number of ether oxygens (including phenoxy) is 2. The summed E-state index contributed by atoms with van der Waals surface area (Å²) in [7, 11) is 3.24. The predicted molar refractivity (Wildman–Crippen MR) is 116 cm³/mol. The van der Waals surface area contributed by atoms with Gasteiger partial charge in [-0.3, -0.25) is 0 Å². The van der Waals surface area contributed by atoms with Gasteiger partial charge in [0, 0.05) is 11.3 Å². The maximum absolute atomic E-state index is 9.87. The molecule has 1 aromatic carbocycles. The monoisotopic (exact) mass is 393 g/mol. The zero-order chi connectivity index (χ0) is 20.6. The van der Waals surface area contributed by atoms with E-state index in [0.29, 0.717) is 22.9 Å². The fraction of sp³-hybridized carbons (Fsp3) is 0.500. The van der Waals surface area contributed by atoms with Gasteiger partial charge in [0.2, 0.25) is 0 Å².